The van der Waals surface area contributed by atoms with Crippen LogP contribution in [0.1, 0.15) is 31.7 Å². The molecule has 1 aromatic heterocycles. The van der Waals surface area contributed by atoms with E-state index in [9.17, 15) is 0 Å². The second kappa shape index (κ2) is 8.05. The number of hydrogen-bond donors (Lipinski definition) is 1. The number of pyridine rings is 1. The molecule has 16 heavy (non-hydrogen) atoms. The van der Waals surface area contributed by atoms with Crippen molar-refractivity contribution < 1.29 is 0 Å². The smallest absolute Gasteiger partial charge is 0.0300 e. The van der Waals surface area contributed by atoms with Gasteiger partial charge in [-0.2, -0.15) is 0 Å². The summed E-state index contributed by atoms with van der Waals surface area (Å²) in [5, 5.41) is 3.53. The van der Waals surface area contributed by atoms with E-state index in [1.54, 1.807) is 0 Å². The zero-order valence-corrected chi connectivity index (χ0v) is 10.2. The lowest BCUT2D eigenvalue weighted by molar-refractivity contribution is 0.478. The van der Waals surface area contributed by atoms with E-state index >= 15 is 0 Å². The van der Waals surface area contributed by atoms with Crippen LogP contribution in [0.4, 0.5) is 0 Å². The van der Waals surface area contributed by atoms with Gasteiger partial charge in [0, 0.05) is 18.4 Å². The maximum absolute atomic E-state index is 4.15. The molecule has 0 saturated carbocycles. The van der Waals surface area contributed by atoms with Gasteiger partial charge in [0.25, 0.3) is 0 Å². The Hall–Kier alpha value is -1.15. The molecule has 0 saturated heterocycles. The van der Waals surface area contributed by atoms with Crippen molar-refractivity contribution in [3.63, 3.8) is 0 Å². The second-order valence-corrected chi connectivity index (χ2v) is 4.04. The first-order valence-corrected chi connectivity index (χ1v) is 6.10. The zero-order chi connectivity index (χ0) is 11.6. The normalized spacial score (nSPS) is 12.3. The predicted octanol–water partition coefficient (Wildman–Crippen LogP) is 2.96. The standard InChI is InChI=1S/C14H22N2/c1-3-5-6-9-14(16-4-2)11-13-8-7-10-15-12-13/h3,7-8,10,12,14,16H,1,4-6,9,11H2,2H3. The van der Waals surface area contributed by atoms with Crippen molar-refractivity contribution in [2.24, 2.45) is 0 Å². The van der Waals surface area contributed by atoms with E-state index in [1.807, 2.05) is 24.5 Å². The zero-order valence-electron chi connectivity index (χ0n) is 10.2. The largest absolute Gasteiger partial charge is 0.314 e. The topological polar surface area (TPSA) is 24.9 Å². The minimum atomic E-state index is 0.564. The fraction of sp³-hybridized carbons (Fsp3) is 0.500. The summed E-state index contributed by atoms with van der Waals surface area (Å²) in [4.78, 5) is 4.15. The lowest BCUT2D eigenvalue weighted by atomic mass is 10.0. The number of nitrogens with one attached hydrogen (secondary N) is 1. The Balaban J connectivity index is 2.40. The molecule has 1 aromatic rings. The van der Waals surface area contributed by atoms with E-state index in [4.69, 9.17) is 0 Å². The third-order valence-corrected chi connectivity index (χ3v) is 2.66. The molecule has 1 rings (SSSR count). The minimum Gasteiger partial charge on any atom is -0.314 e. The fourth-order valence-electron chi connectivity index (χ4n) is 1.88. The molecular weight excluding hydrogens is 196 g/mol. The first kappa shape index (κ1) is 12.9. The van der Waals surface area contributed by atoms with E-state index < -0.39 is 0 Å². The van der Waals surface area contributed by atoms with Crippen LogP contribution in [0.2, 0.25) is 0 Å². The van der Waals surface area contributed by atoms with Crippen molar-refractivity contribution in [2.75, 3.05) is 6.54 Å². The minimum absolute atomic E-state index is 0.564. The molecule has 0 aliphatic rings. The molecule has 0 aromatic carbocycles. The van der Waals surface area contributed by atoms with Crippen LogP contribution in [-0.2, 0) is 6.42 Å². The van der Waals surface area contributed by atoms with Crippen molar-refractivity contribution in [2.45, 2.75) is 38.6 Å². The molecule has 0 radical (unpaired) electrons. The molecule has 2 heteroatoms. The summed E-state index contributed by atoms with van der Waals surface area (Å²) in [7, 11) is 0. The van der Waals surface area contributed by atoms with Crippen LogP contribution < -0.4 is 5.32 Å². The Morgan fingerprint density at radius 2 is 2.44 bits per heavy atom. The Bertz CT molecular complexity index is 282. The Kier molecular flexibility index (Phi) is 6.50. The van der Waals surface area contributed by atoms with Crippen molar-refractivity contribution >= 4 is 0 Å². The monoisotopic (exact) mass is 218 g/mol. The number of rotatable bonds is 8. The maximum Gasteiger partial charge on any atom is 0.0300 e. The molecule has 1 N–H and O–H groups in total. The van der Waals surface area contributed by atoms with E-state index in [-0.39, 0.29) is 0 Å². The maximum atomic E-state index is 4.15. The average molecular weight is 218 g/mol. The molecule has 1 atom stereocenters. The molecule has 1 heterocycles. The summed E-state index contributed by atoms with van der Waals surface area (Å²) in [5.41, 5.74) is 1.31. The molecule has 0 fully saturated rings. The lowest BCUT2D eigenvalue weighted by Crippen LogP contribution is -2.30. The van der Waals surface area contributed by atoms with Crippen molar-refractivity contribution in [1.82, 2.24) is 10.3 Å². The third-order valence-electron chi connectivity index (χ3n) is 2.66. The van der Waals surface area contributed by atoms with Gasteiger partial charge in [-0.3, -0.25) is 4.98 Å². The van der Waals surface area contributed by atoms with E-state index in [1.165, 1.54) is 18.4 Å². The number of allylic oxidation sites excluding steroid dienone is 1. The van der Waals surface area contributed by atoms with Crippen LogP contribution in [0.5, 0.6) is 0 Å². The molecule has 1 unspecified atom stereocenters. The highest BCUT2D eigenvalue weighted by molar-refractivity contribution is 5.10. The van der Waals surface area contributed by atoms with Crippen LogP contribution in [0.3, 0.4) is 0 Å². The number of nitrogens with zero attached hydrogens (tertiary/aromatic N) is 1. The highest BCUT2D eigenvalue weighted by atomic mass is 14.9. The molecule has 88 valence electrons. The Morgan fingerprint density at radius 3 is 3.06 bits per heavy atom. The quantitative estimate of drug-likeness (QED) is 0.536. The lowest BCUT2D eigenvalue weighted by Gasteiger charge is -2.17. The van der Waals surface area contributed by atoms with Crippen molar-refractivity contribution in [3.8, 4) is 0 Å². The highest BCUT2D eigenvalue weighted by Gasteiger charge is 2.07. The van der Waals surface area contributed by atoms with Crippen molar-refractivity contribution in [1.29, 1.82) is 0 Å². The third kappa shape index (κ3) is 5.08. The molecule has 0 aliphatic heterocycles. The van der Waals surface area contributed by atoms with Gasteiger partial charge in [-0.1, -0.05) is 19.1 Å². The summed E-state index contributed by atoms with van der Waals surface area (Å²) < 4.78 is 0. The first-order valence-electron chi connectivity index (χ1n) is 6.10. The first-order chi connectivity index (χ1) is 7.86. The van der Waals surface area contributed by atoms with Crippen LogP contribution in [0.25, 0.3) is 0 Å². The molecular formula is C14H22N2. The van der Waals surface area contributed by atoms with Gasteiger partial charge in [0.2, 0.25) is 0 Å². The van der Waals surface area contributed by atoms with Gasteiger partial charge in [0.15, 0.2) is 0 Å². The number of hydrogen-bond acceptors (Lipinski definition) is 2. The Labute approximate surface area is 98.8 Å². The molecule has 0 aliphatic carbocycles. The summed E-state index contributed by atoms with van der Waals surface area (Å²) in [6.45, 7) is 6.94. The highest BCUT2D eigenvalue weighted by Crippen LogP contribution is 2.08. The summed E-state index contributed by atoms with van der Waals surface area (Å²) in [6, 6.07) is 4.71. The van der Waals surface area contributed by atoms with Gasteiger partial charge in [-0.15, -0.1) is 6.58 Å². The van der Waals surface area contributed by atoms with Gasteiger partial charge in [0.1, 0.15) is 0 Å². The SMILES string of the molecule is C=CCCCC(Cc1cccnc1)NCC. The molecule has 2 nitrogen and oxygen atoms in total. The van der Waals surface area contributed by atoms with E-state index in [0.29, 0.717) is 6.04 Å². The van der Waals surface area contributed by atoms with Gasteiger partial charge < -0.3 is 5.32 Å². The van der Waals surface area contributed by atoms with E-state index in [0.717, 1.165) is 19.4 Å². The number of aromatic nitrogens is 1. The molecule has 0 amide bonds. The van der Waals surface area contributed by atoms with Gasteiger partial charge in [-0.05, 0) is 43.9 Å². The van der Waals surface area contributed by atoms with Crippen LogP contribution >= 0.6 is 0 Å². The predicted molar refractivity (Wildman–Crippen MR) is 69.5 cm³/mol. The van der Waals surface area contributed by atoms with Gasteiger partial charge in [-0.25, -0.2) is 0 Å². The average Bonchev–Trinajstić information content (AvgIpc) is 2.31. The van der Waals surface area contributed by atoms with Gasteiger partial charge in [0.05, 0.1) is 0 Å². The Morgan fingerprint density at radius 1 is 1.56 bits per heavy atom. The van der Waals surface area contributed by atoms with Crippen molar-refractivity contribution in [3.05, 3.63) is 42.7 Å². The number of unbranched alkanes of at least 4 members (excludes halogenated alkanes) is 1. The molecule has 0 spiro atoms. The van der Waals surface area contributed by atoms with Gasteiger partial charge >= 0.3 is 0 Å². The van der Waals surface area contributed by atoms with E-state index in [2.05, 4.69) is 29.9 Å². The van der Waals surface area contributed by atoms with Crippen LogP contribution in [0, 0.1) is 0 Å². The number of likely N-dealkylation sites (N-methyl/N-ethyl adjacent to an activating group) is 1. The molecule has 0 bridgehead atoms. The summed E-state index contributed by atoms with van der Waals surface area (Å²) in [5.74, 6) is 0. The van der Waals surface area contributed by atoms with Crippen LogP contribution in [-0.4, -0.2) is 17.6 Å². The second-order valence-electron chi connectivity index (χ2n) is 4.04. The summed E-state index contributed by atoms with van der Waals surface area (Å²) >= 11 is 0. The fourth-order valence-corrected chi connectivity index (χ4v) is 1.88. The van der Waals surface area contributed by atoms with Crippen LogP contribution in [0.15, 0.2) is 37.2 Å². The summed E-state index contributed by atoms with van der Waals surface area (Å²) in [6.07, 6.45) is 10.4.